The van der Waals surface area contributed by atoms with E-state index in [-0.39, 0.29) is 11.8 Å². The highest BCUT2D eigenvalue weighted by molar-refractivity contribution is 9.10. The van der Waals surface area contributed by atoms with Crippen LogP contribution >= 0.6 is 15.9 Å². The van der Waals surface area contributed by atoms with Crippen molar-refractivity contribution in [1.82, 2.24) is 0 Å². The molecule has 1 aromatic rings. The Balaban J connectivity index is 2.08. The number of anilines is 1. The van der Waals surface area contributed by atoms with Gasteiger partial charge in [0.25, 0.3) is 0 Å². The molecule has 0 amide bonds. The van der Waals surface area contributed by atoms with Crippen molar-refractivity contribution in [2.75, 3.05) is 16.8 Å². The van der Waals surface area contributed by atoms with Crippen LogP contribution in [-0.2, 0) is 9.84 Å². The van der Waals surface area contributed by atoms with Crippen LogP contribution in [0.2, 0.25) is 0 Å². The normalized spacial score (nSPS) is 23.9. The maximum absolute atomic E-state index is 11.5. The molecule has 1 aromatic carbocycles. The van der Waals surface area contributed by atoms with Crippen LogP contribution in [0.15, 0.2) is 28.7 Å². The van der Waals surface area contributed by atoms with Gasteiger partial charge in [0, 0.05) is 16.2 Å². The van der Waals surface area contributed by atoms with E-state index in [0.717, 1.165) is 23.0 Å². The molecule has 3 nitrogen and oxygen atoms in total. The van der Waals surface area contributed by atoms with Crippen LogP contribution in [-0.4, -0.2) is 26.0 Å². The number of hydrogen-bond donors (Lipinski definition) is 1. The summed E-state index contributed by atoms with van der Waals surface area (Å²) in [4.78, 5) is 0. The summed E-state index contributed by atoms with van der Waals surface area (Å²) in [6.07, 6.45) is 1.67. The quantitative estimate of drug-likeness (QED) is 0.913. The number of sulfone groups is 1. The molecule has 88 valence electrons. The number of halogens is 1. The summed E-state index contributed by atoms with van der Waals surface area (Å²) in [6, 6.07) is 7.81. The first-order valence-electron chi connectivity index (χ1n) is 5.28. The molecule has 0 saturated carbocycles. The van der Waals surface area contributed by atoms with Crippen molar-refractivity contribution in [2.45, 2.75) is 18.9 Å². The number of para-hydroxylation sites is 1. The molecule has 1 atom stereocenters. The van der Waals surface area contributed by atoms with Gasteiger partial charge < -0.3 is 5.32 Å². The van der Waals surface area contributed by atoms with E-state index in [9.17, 15) is 8.42 Å². The van der Waals surface area contributed by atoms with Crippen LogP contribution in [0.25, 0.3) is 0 Å². The van der Waals surface area contributed by atoms with Gasteiger partial charge >= 0.3 is 0 Å². The van der Waals surface area contributed by atoms with Gasteiger partial charge in [-0.25, -0.2) is 8.42 Å². The van der Waals surface area contributed by atoms with Gasteiger partial charge in [-0.1, -0.05) is 12.1 Å². The average molecular weight is 304 g/mol. The minimum Gasteiger partial charge on any atom is -0.380 e. The lowest BCUT2D eigenvalue weighted by Crippen LogP contribution is -2.34. The third-order valence-corrected chi connectivity index (χ3v) is 5.21. The predicted molar refractivity (Wildman–Crippen MR) is 69.4 cm³/mol. The molecule has 0 aliphatic carbocycles. The second kappa shape index (κ2) is 4.75. The van der Waals surface area contributed by atoms with E-state index in [2.05, 4.69) is 21.2 Å². The van der Waals surface area contributed by atoms with Crippen LogP contribution in [0.5, 0.6) is 0 Å². The van der Waals surface area contributed by atoms with Crippen LogP contribution in [0, 0.1) is 0 Å². The highest BCUT2D eigenvalue weighted by atomic mass is 79.9. The van der Waals surface area contributed by atoms with Crippen molar-refractivity contribution < 1.29 is 8.42 Å². The van der Waals surface area contributed by atoms with Gasteiger partial charge in [-0.05, 0) is 40.9 Å². The number of nitrogens with one attached hydrogen (secondary N) is 1. The molecule has 1 heterocycles. The van der Waals surface area contributed by atoms with Gasteiger partial charge in [-0.15, -0.1) is 0 Å². The molecule has 0 spiro atoms. The molecule has 0 aromatic heterocycles. The second-order valence-electron chi connectivity index (χ2n) is 4.08. The molecule has 0 bridgehead atoms. The zero-order valence-corrected chi connectivity index (χ0v) is 11.2. The fraction of sp³-hybridized carbons (Fsp3) is 0.455. The third kappa shape index (κ3) is 2.98. The average Bonchev–Trinajstić information content (AvgIpc) is 2.20. The van der Waals surface area contributed by atoms with Gasteiger partial charge in [0.05, 0.1) is 11.5 Å². The molecule has 1 N–H and O–H groups in total. The van der Waals surface area contributed by atoms with Crippen molar-refractivity contribution in [3.8, 4) is 0 Å². The van der Waals surface area contributed by atoms with E-state index in [1.54, 1.807) is 0 Å². The Kier molecular flexibility index (Phi) is 3.54. The first kappa shape index (κ1) is 11.9. The Morgan fingerprint density at radius 1 is 1.31 bits per heavy atom. The summed E-state index contributed by atoms with van der Waals surface area (Å²) in [7, 11) is -2.84. The fourth-order valence-corrected chi connectivity index (χ4v) is 3.97. The lowest BCUT2D eigenvalue weighted by molar-refractivity contribution is 0.562. The van der Waals surface area contributed by atoms with Crippen LogP contribution < -0.4 is 5.32 Å². The molecule has 1 aliphatic heterocycles. The minimum absolute atomic E-state index is 0.0393. The summed E-state index contributed by atoms with van der Waals surface area (Å²) in [5.41, 5.74) is 0.963. The Hall–Kier alpha value is -0.550. The minimum atomic E-state index is -2.84. The lowest BCUT2D eigenvalue weighted by Gasteiger charge is -2.24. The van der Waals surface area contributed by atoms with Crippen LogP contribution in [0.1, 0.15) is 12.8 Å². The zero-order chi connectivity index (χ0) is 11.6. The molecule has 1 unspecified atom stereocenters. The van der Waals surface area contributed by atoms with Crippen molar-refractivity contribution in [3.63, 3.8) is 0 Å². The lowest BCUT2D eigenvalue weighted by atomic mass is 10.2. The number of rotatable bonds is 2. The predicted octanol–water partition coefficient (Wildman–Crippen LogP) is 2.44. The Morgan fingerprint density at radius 2 is 2.06 bits per heavy atom. The SMILES string of the molecule is O=S1(=O)CCCC(Nc2ccccc2Br)C1. The van der Waals surface area contributed by atoms with Gasteiger partial charge in [0.15, 0.2) is 9.84 Å². The summed E-state index contributed by atoms with van der Waals surface area (Å²) < 4.78 is 23.9. The molecule has 16 heavy (non-hydrogen) atoms. The van der Waals surface area contributed by atoms with Crippen LogP contribution in [0.3, 0.4) is 0 Å². The van der Waals surface area contributed by atoms with Crippen molar-refractivity contribution in [1.29, 1.82) is 0 Å². The summed E-state index contributed by atoms with van der Waals surface area (Å²) in [5, 5.41) is 3.28. The zero-order valence-electron chi connectivity index (χ0n) is 8.82. The van der Waals surface area contributed by atoms with Crippen molar-refractivity contribution in [2.24, 2.45) is 0 Å². The summed E-state index contributed by atoms with van der Waals surface area (Å²) >= 11 is 3.44. The van der Waals surface area contributed by atoms with Gasteiger partial charge in [-0.2, -0.15) is 0 Å². The van der Waals surface area contributed by atoms with E-state index in [1.165, 1.54) is 0 Å². The standard InChI is InChI=1S/C11H14BrNO2S/c12-10-5-1-2-6-11(10)13-9-4-3-7-16(14,15)8-9/h1-2,5-6,9,13H,3-4,7-8H2. The molecule has 2 rings (SSSR count). The third-order valence-electron chi connectivity index (χ3n) is 2.70. The molecule has 0 radical (unpaired) electrons. The maximum atomic E-state index is 11.5. The summed E-state index contributed by atoms with van der Waals surface area (Å²) in [5.74, 6) is 0.579. The van der Waals surface area contributed by atoms with Gasteiger partial charge in [-0.3, -0.25) is 0 Å². The molecular weight excluding hydrogens is 290 g/mol. The van der Waals surface area contributed by atoms with E-state index >= 15 is 0 Å². The largest absolute Gasteiger partial charge is 0.380 e. The highest BCUT2D eigenvalue weighted by Crippen LogP contribution is 2.24. The van der Waals surface area contributed by atoms with Crippen LogP contribution in [0.4, 0.5) is 5.69 Å². The van der Waals surface area contributed by atoms with Crippen molar-refractivity contribution in [3.05, 3.63) is 28.7 Å². The number of hydrogen-bond acceptors (Lipinski definition) is 3. The second-order valence-corrected chi connectivity index (χ2v) is 7.16. The Bertz CT molecular complexity index is 473. The first-order valence-corrected chi connectivity index (χ1v) is 7.90. The number of benzene rings is 1. The molecule has 1 saturated heterocycles. The Labute approximate surface area is 104 Å². The smallest absolute Gasteiger partial charge is 0.152 e. The molecule has 5 heteroatoms. The monoisotopic (exact) mass is 303 g/mol. The van der Waals surface area contributed by atoms with Gasteiger partial charge in [0.1, 0.15) is 0 Å². The molecule has 1 fully saturated rings. The molecular formula is C11H14BrNO2S. The summed E-state index contributed by atoms with van der Waals surface area (Å²) in [6.45, 7) is 0. The van der Waals surface area contributed by atoms with E-state index in [1.807, 2.05) is 24.3 Å². The maximum Gasteiger partial charge on any atom is 0.152 e. The van der Waals surface area contributed by atoms with E-state index < -0.39 is 9.84 Å². The van der Waals surface area contributed by atoms with E-state index in [0.29, 0.717) is 5.75 Å². The van der Waals surface area contributed by atoms with E-state index in [4.69, 9.17) is 0 Å². The first-order chi connectivity index (χ1) is 7.57. The highest BCUT2D eigenvalue weighted by Gasteiger charge is 2.24. The van der Waals surface area contributed by atoms with Crippen molar-refractivity contribution >= 4 is 31.5 Å². The Morgan fingerprint density at radius 3 is 2.75 bits per heavy atom. The molecule has 1 aliphatic rings. The topological polar surface area (TPSA) is 46.2 Å². The van der Waals surface area contributed by atoms with Gasteiger partial charge in [0.2, 0.25) is 0 Å². The fourth-order valence-electron chi connectivity index (χ4n) is 1.93.